The van der Waals surface area contributed by atoms with E-state index in [0.717, 1.165) is 39.0 Å². The molecule has 0 saturated carbocycles. The van der Waals surface area contributed by atoms with Crippen LogP contribution in [0.3, 0.4) is 0 Å². The molecule has 2 heterocycles. The van der Waals surface area contributed by atoms with Gasteiger partial charge in [0.1, 0.15) is 4.88 Å². The Morgan fingerprint density at radius 2 is 2.05 bits per heavy atom. The summed E-state index contributed by atoms with van der Waals surface area (Å²) < 4.78 is 0. The summed E-state index contributed by atoms with van der Waals surface area (Å²) in [6, 6.07) is 2.43. The Hall–Kier alpha value is -1.07. The lowest BCUT2D eigenvalue weighted by Gasteiger charge is -2.37. The van der Waals surface area contributed by atoms with Gasteiger partial charge < -0.3 is 15.5 Å². The Balaban J connectivity index is 1.93. The van der Waals surface area contributed by atoms with Crippen LogP contribution in [0, 0.1) is 0 Å². The number of piperidine rings is 1. The van der Waals surface area contributed by atoms with Crippen LogP contribution >= 0.6 is 11.3 Å². The van der Waals surface area contributed by atoms with E-state index in [1.807, 2.05) is 10.3 Å². The van der Waals surface area contributed by atoms with Gasteiger partial charge in [-0.15, -0.1) is 11.3 Å². The van der Waals surface area contributed by atoms with Crippen LogP contribution in [0.5, 0.6) is 0 Å². The summed E-state index contributed by atoms with van der Waals surface area (Å²) in [6.45, 7) is 8.27. The van der Waals surface area contributed by atoms with E-state index in [1.165, 1.54) is 11.3 Å². The standard InChI is InChI=1S/C14H23N3OS/c1-3-16(4-2)11-5-8-17(9-6-11)14(18)13-12(15)7-10-19-13/h7,10-11H,3-6,8-9,15H2,1-2H3. The van der Waals surface area contributed by atoms with Crippen LogP contribution in [-0.4, -0.2) is 47.9 Å². The lowest BCUT2D eigenvalue weighted by atomic mass is 10.0. The van der Waals surface area contributed by atoms with Crippen LogP contribution in [0.15, 0.2) is 11.4 Å². The van der Waals surface area contributed by atoms with Gasteiger partial charge in [-0.2, -0.15) is 0 Å². The Kier molecular flexibility index (Phi) is 4.82. The first-order valence-electron chi connectivity index (χ1n) is 7.03. The molecule has 1 aromatic heterocycles. The van der Waals surface area contributed by atoms with Gasteiger partial charge in [0.15, 0.2) is 0 Å². The molecule has 1 amide bonds. The number of rotatable bonds is 4. The highest BCUT2D eigenvalue weighted by Crippen LogP contribution is 2.24. The minimum Gasteiger partial charge on any atom is -0.397 e. The number of amides is 1. The molecule has 1 saturated heterocycles. The Labute approximate surface area is 119 Å². The van der Waals surface area contributed by atoms with Gasteiger partial charge in [0.05, 0.1) is 5.69 Å². The number of anilines is 1. The molecule has 1 aliphatic heterocycles. The van der Waals surface area contributed by atoms with Crippen molar-refractivity contribution in [3.63, 3.8) is 0 Å². The molecule has 2 N–H and O–H groups in total. The molecule has 4 nitrogen and oxygen atoms in total. The number of carbonyl (C=O) groups excluding carboxylic acids is 1. The van der Waals surface area contributed by atoms with Gasteiger partial charge >= 0.3 is 0 Å². The summed E-state index contributed by atoms with van der Waals surface area (Å²) in [5, 5.41) is 1.88. The number of hydrogen-bond donors (Lipinski definition) is 1. The van der Waals surface area contributed by atoms with Crippen molar-refractivity contribution in [3.8, 4) is 0 Å². The van der Waals surface area contributed by atoms with E-state index in [4.69, 9.17) is 5.73 Å². The van der Waals surface area contributed by atoms with Crippen molar-refractivity contribution in [1.82, 2.24) is 9.80 Å². The fourth-order valence-electron chi connectivity index (χ4n) is 2.81. The first kappa shape index (κ1) is 14.3. The molecule has 0 radical (unpaired) electrons. The second-order valence-corrected chi connectivity index (χ2v) is 5.87. The Morgan fingerprint density at radius 1 is 1.42 bits per heavy atom. The van der Waals surface area contributed by atoms with E-state index in [-0.39, 0.29) is 5.91 Å². The first-order chi connectivity index (χ1) is 9.17. The maximum Gasteiger partial charge on any atom is 0.266 e. The molecule has 1 aromatic rings. The highest BCUT2D eigenvalue weighted by molar-refractivity contribution is 7.12. The summed E-state index contributed by atoms with van der Waals surface area (Å²) >= 11 is 1.44. The molecular weight excluding hydrogens is 258 g/mol. The highest BCUT2D eigenvalue weighted by atomic mass is 32.1. The number of nitrogens with zero attached hydrogens (tertiary/aromatic N) is 2. The minimum absolute atomic E-state index is 0.102. The Bertz CT molecular complexity index is 420. The molecule has 1 aliphatic rings. The van der Waals surface area contributed by atoms with Crippen molar-refractivity contribution in [2.45, 2.75) is 32.7 Å². The van der Waals surface area contributed by atoms with Gasteiger partial charge in [0.2, 0.25) is 0 Å². The van der Waals surface area contributed by atoms with Crippen molar-refractivity contribution >= 4 is 22.9 Å². The fraction of sp³-hybridized carbons (Fsp3) is 0.643. The predicted molar refractivity (Wildman–Crippen MR) is 80.6 cm³/mol. The van der Waals surface area contributed by atoms with Crippen LogP contribution in [0.1, 0.15) is 36.4 Å². The zero-order valence-corrected chi connectivity index (χ0v) is 12.6. The van der Waals surface area contributed by atoms with Crippen LogP contribution in [-0.2, 0) is 0 Å². The monoisotopic (exact) mass is 281 g/mol. The quantitative estimate of drug-likeness (QED) is 0.921. The highest BCUT2D eigenvalue weighted by Gasteiger charge is 2.27. The van der Waals surface area contributed by atoms with Crippen LogP contribution in [0.4, 0.5) is 5.69 Å². The average Bonchev–Trinajstić information content (AvgIpc) is 2.86. The molecular formula is C14H23N3OS. The molecule has 0 bridgehead atoms. The lowest BCUT2D eigenvalue weighted by Crippen LogP contribution is -2.46. The van der Waals surface area contributed by atoms with Crippen molar-refractivity contribution in [1.29, 1.82) is 0 Å². The summed E-state index contributed by atoms with van der Waals surface area (Å²) in [5.74, 6) is 0.102. The second-order valence-electron chi connectivity index (χ2n) is 4.95. The molecule has 1 fully saturated rings. The molecule has 0 atom stereocenters. The van der Waals surface area contributed by atoms with Crippen LogP contribution in [0.2, 0.25) is 0 Å². The molecule has 0 aromatic carbocycles. The van der Waals surface area contributed by atoms with Gasteiger partial charge in [0.25, 0.3) is 5.91 Å². The summed E-state index contributed by atoms with van der Waals surface area (Å²) in [5.41, 5.74) is 6.43. The number of nitrogen functional groups attached to an aromatic ring is 1. The lowest BCUT2D eigenvalue weighted by molar-refractivity contribution is 0.0637. The molecule has 19 heavy (non-hydrogen) atoms. The first-order valence-corrected chi connectivity index (χ1v) is 7.91. The van der Waals surface area contributed by atoms with Gasteiger partial charge in [-0.3, -0.25) is 4.79 Å². The maximum absolute atomic E-state index is 12.3. The van der Waals surface area contributed by atoms with Gasteiger partial charge in [0, 0.05) is 19.1 Å². The van der Waals surface area contributed by atoms with E-state index in [9.17, 15) is 4.79 Å². The third-order valence-corrected chi connectivity index (χ3v) is 4.89. The zero-order valence-electron chi connectivity index (χ0n) is 11.8. The van der Waals surface area contributed by atoms with E-state index in [0.29, 0.717) is 16.6 Å². The summed E-state index contributed by atoms with van der Waals surface area (Å²) in [6.07, 6.45) is 2.14. The molecule has 0 unspecified atom stereocenters. The molecule has 2 rings (SSSR count). The van der Waals surface area contributed by atoms with Crippen LogP contribution < -0.4 is 5.73 Å². The fourth-order valence-corrected chi connectivity index (χ4v) is 3.60. The van der Waals surface area contributed by atoms with Crippen molar-refractivity contribution < 1.29 is 4.79 Å². The Morgan fingerprint density at radius 3 is 2.53 bits per heavy atom. The van der Waals surface area contributed by atoms with Crippen molar-refractivity contribution in [3.05, 3.63) is 16.3 Å². The van der Waals surface area contributed by atoms with Crippen molar-refractivity contribution in [2.75, 3.05) is 31.9 Å². The van der Waals surface area contributed by atoms with Crippen molar-refractivity contribution in [2.24, 2.45) is 0 Å². The van der Waals surface area contributed by atoms with E-state index >= 15 is 0 Å². The minimum atomic E-state index is 0.102. The summed E-state index contributed by atoms with van der Waals surface area (Å²) in [7, 11) is 0. The normalized spacial score (nSPS) is 17.1. The van der Waals surface area contributed by atoms with E-state index < -0.39 is 0 Å². The second kappa shape index (κ2) is 6.39. The third kappa shape index (κ3) is 3.09. The predicted octanol–water partition coefficient (Wildman–Crippen LogP) is 2.28. The third-order valence-electron chi connectivity index (χ3n) is 3.97. The number of nitrogens with two attached hydrogens (primary N) is 1. The van der Waals surface area contributed by atoms with Gasteiger partial charge in [-0.25, -0.2) is 0 Å². The summed E-state index contributed by atoms with van der Waals surface area (Å²) in [4.78, 5) is 17.5. The largest absolute Gasteiger partial charge is 0.397 e. The topological polar surface area (TPSA) is 49.6 Å². The average molecular weight is 281 g/mol. The van der Waals surface area contributed by atoms with E-state index in [2.05, 4.69) is 18.7 Å². The zero-order chi connectivity index (χ0) is 13.8. The van der Waals surface area contributed by atoms with Crippen LogP contribution in [0.25, 0.3) is 0 Å². The molecule has 106 valence electrons. The number of hydrogen-bond acceptors (Lipinski definition) is 4. The SMILES string of the molecule is CCN(CC)C1CCN(C(=O)c2sccc2N)CC1. The molecule has 0 aliphatic carbocycles. The number of carbonyl (C=O) groups is 1. The molecule has 0 spiro atoms. The van der Waals surface area contributed by atoms with E-state index in [1.54, 1.807) is 6.07 Å². The smallest absolute Gasteiger partial charge is 0.266 e. The maximum atomic E-state index is 12.3. The van der Waals surface area contributed by atoms with Gasteiger partial charge in [-0.1, -0.05) is 13.8 Å². The molecule has 5 heteroatoms. The number of likely N-dealkylation sites (tertiary alicyclic amines) is 1. The number of thiophene rings is 1. The van der Waals surface area contributed by atoms with Gasteiger partial charge in [-0.05, 0) is 37.4 Å².